The molecule has 0 saturated heterocycles. The average molecular weight is 370 g/mol. The van der Waals surface area contributed by atoms with Crippen LogP contribution in [-0.4, -0.2) is 4.98 Å². The Hall–Kier alpha value is -1.17. The highest BCUT2D eigenvalue weighted by Crippen LogP contribution is 2.23. The minimum Gasteiger partial charge on any atom is -0.377 e. The average Bonchev–Trinajstić information content (AvgIpc) is 2.41. The fourth-order valence-electron chi connectivity index (χ4n) is 1.86. The molecule has 1 unspecified atom stereocenters. The van der Waals surface area contributed by atoms with Crippen molar-refractivity contribution < 1.29 is 4.39 Å². The highest BCUT2D eigenvalue weighted by molar-refractivity contribution is 14.1. The van der Waals surface area contributed by atoms with Gasteiger partial charge in [-0.3, -0.25) is 4.98 Å². The van der Waals surface area contributed by atoms with Gasteiger partial charge < -0.3 is 5.32 Å². The molecule has 4 heteroatoms. The third kappa shape index (κ3) is 3.65. The third-order valence-electron chi connectivity index (χ3n) is 3.03. The summed E-state index contributed by atoms with van der Waals surface area (Å²) in [7, 11) is 0. The summed E-state index contributed by atoms with van der Waals surface area (Å²) in [6.07, 6.45) is 2.15. The lowest BCUT2D eigenvalue weighted by molar-refractivity contribution is 0.614. The van der Waals surface area contributed by atoms with Crippen molar-refractivity contribution in [2.75, 3.05) is 5.32 Å². The number of nitrogens with one attached hydrogen (secondary N) is 1. The van der Waals surface area contributed by atoms with Gasteiger partial charge in [-0.1, -0.05) is 13.0 Å². The van der Waals surface area contributed by atoms with E-state index in [9.17, 15) is 4.39 Å². The maximum atomic E-state index is 12.9. The standard InChI is InChI=1S/C15H16FIN2/c1-3-14(15-7-5-11(16)9-18-15)19-12-6-4-10(2)13(17)8-12/h4-9,14,19H,3H2,1-2H3. The molecular weight excluding hydrogens is 354 g/mol. The topological polar surface area (TPSA) is 24.9 Å². The van der Waals surface area contributed by atoms with Gasteiger partial charge in [-0.25, -0.2) is 4.39 Å². The Morgan fingerprint density at radius 2 is 2.11 bits per heavy atom. The molecule has 1 aromatic carbocycles. The molecule has 0 aliphatic rings. The van der Waals surface area contributed by atoms with Gasteiger partial charge in [0, 0.05) is 9.26 Å². The predicted octanol–water partition coefficient (Wildman–Crippen LogP) is 4.70. The van der Waals surface area contributed by atoms with Gasteiger partial charge in [0.15, 0.2) is 0 Å². The van der Waals surface area contributed by atoms with Crippen LogP contribution < -0.4 is 5.32 Å². The van der Waals surface area contributed by atoms with E-state index in [0.29, 0.717) is 0 Å². The van der Waals surface area contributed by atoms with Crippen molar-refractivity contribution in [1.82, 2.24) is 4.98 Å². The lowest BCUT2D eigenvalue weighted by Crippen LogP contribution is -2.11. The number of pyridine rings is 1. The molecule has 100 valence electrons. The number of anilines is 1. The molecule has 0 aliphatic heterocycles. The Labute approximate surface area is 126 Å². The summed E-state index contributed by atoms with van der Waals surface area (Å²) >= 11 is 2.32. The number of aromatic nitrogens is 1. The normalized spacial score (nSPS) is 12.2. The highest BCUT2D eigenvalue weighted by Gasteiger charge is 2.11. The summed E-state index contributed by atoms with van der Waals surface area (Å²) in [5.74, 6) is -0.302. The molecule has 0 fully saturated rings. The van der Waals surface area contributed by atoms with Crippen molar-refractivity contribution >= 4 is 28.3 Å². The predicted molar refractivity (Wildman–Crippen MR) is 84.7 cm³/mol. The number of halogens is 2. The van der Waals surface area contributed by atoms with E-state index in [-0.39, 0.29) is 11.9 Å². The van der Waals surface area contributed by atoms with E-state index < -0.39 is 0 Å². The molecule has 2 nitrogen and oxygen atoms in total. The Kier molecular flexibility index (Phi) is 4.74. The maximum Gasteiger partial charge on any atom is 0.141 e. The molecule has 1 heterocycles. The van der Waals surface area contributed by atoms with E-state index in [4.69, 9.17) is 0 Å². The van der Waals surface area contributed by atoms with Crippen LogP contribution in [0.15, 0.2) is 36.5 Å². The van der Waals surface area contributed by atoms with Crippen molar-refractivity contribution in [2.45, 2.75) is 26.3 Å². The van der Waals surface area contributed by atoms with Crippen LogP contribution in [0.3, 0.4) is 0 Å². The van der Waals surface area contributed by atoms with E-state index in [0.717, 1.165) is 17.8 Å². The smallest absolute Gasteiger partial charge is 0.141 e. The summed E-state index contributed by atoms with van der Waals surface area (Å²) in [5.41, 5.74) is 3.19. The zero-order chi connectivity index (χ0) is 13.8. The second-order valence-electron chi connectivity index (χ2n) is 4.47. The SMILES string of the molecule is CCC(Nc1ccc(C)c(I)c1)c1ccc(F)cn1. The molecule has 2 aromatic rings. The molecule has 1 atom stereocenters. The zero-order valence-electron chi connectivity index (χ0n) is 11.0. The van der Waals surface area contributed by atoms with Gasteiger partial charge >= 0.3 is 0 Å². The summed E-state index contributed by atoms with van der Waals surface area (Å²) in [4.78, 5) is 4.15. The molecule has 0 spiro atoms. The first kappa shape index (κ1) is 14.2. The van der Waals surface area contributed by atoms with E-state index in [1.54, 1.807) is 6.07 Å². The Morgan fingerprint density at radius 1 is 1.32 bits per heavy atom. The highest BCUT2D eigenvalue weighted by atomic mass is 127. The second kappa shape index (κ2) is 6.32. The molecule has 0 saturated carbocycles. The van der Waals surface area contributed by atoms with Gasteiger partial charge in [0.1, 0.15) is 5.82 Å². The fourth-order valence-corrected chi connectivity index (χ4v) is 2.38. The number of nitrogens with zero attached hydrogens (tertiary/aromatic N) is 1. The van der Waals surface area contributed by atoms with Crippen LogP contribution in [0, 0.1) is 16.3 Å². The summed E-state index contributed by atoms with van der Waals surface area (Å²) in [6.45, 7) is 4.17. The number of hydrogen-bond donors (Lipinski definition) is 1. The van der Waals surface area contributed by atoms with Crippen LogP contribution in [-0.2, 0) is 0 Å². The van der Waals surface area contributed by atoms with Gasteiger partial charge in [0.05, 0.1) is 17.9 Å². The molecule has 0 amide bonds. The van der Waals surface area contributed by atoms with Crippen LogP contribution in [0.5, 0.6) is 0 Å². The van der Waals surface area contributed by atoms with E-state index in [1.165, 1.54) is 21.4 Å². The monoisotopic (exact) mass is 370 g/mol. The van der Waals surface area contributed by atoms with E-state index in [1.807, 2.05) is 0 Å². The Balaban J connectivity index is 2.18. The lowest BCUT2D eigenvalue weighted by Gasteiger charge is -2.18. The molecule has 1 N–H and O–H groups in total. The van der Waals surface area contributed by atoms with Gasteiger partial charge in [0.25, 0.3) is 0 Å². The molecule has 0 bridgehead atoms. The first-order valence-corrected chi connectivity index (χ1v) is 7.32. The Morgan fingerprint density at radius 3 is 2.68 bits per heavy atom. The number of benzene rings is 1. The van der Waals surface area contributed by atoms with Gasteiger partial charge in [-0.2, -0.15) is 0 Å². The second-order valence-corrected chi connectivity index (χ2v) is 5.63. The first-order valence-electron chi connectivity index (χ1n) is 6.24. The number of aryl methyl sites for hydroxylation is 1. The van der Waals surface area contributed by atoms with Crippen LogP contribution in [0.1, 0.15) is 30.6 Å². The first-order chi connectivity index (χ1) is 9.10. The molecule has 1 aromatic heterocycles. The van der Waals surface area contributed by atoms with Crippen molar-refractivity contribution in [3.05, 3.63) is 57.2 Å². The van der Waals surface area contributed by atoms with E-state index in [2.05, 4.69) is 64.9 Å². The summed E-state index contributed by atoms with van der Waals surface area (Å²) < 4.78 is 14.1. The molecule has 2 rings (SSSR count). The maximum absolute atomic E-state index is 12.9. The summed E-state index contributed by atoms with van der Waals surface area (Å²) in [5, 5.41) is 3.44. The Bertz CT molecular complexity index is 555. The number of rotatable bonds is 4. The van der Waals surface area contributed by atoms with Crippen LogP contribution in [0.25, 0.3) is 0 Å². The third-order valence-corrected chi connectivity index (χ3v) is 4.19. The van der Waals surface area contributed by atoms with Crippen LogP contribution in [0.4, 0.5) is 10.1 Å². The van der Waals surface area contributed by atoms with Crippen LogP contribution in [0.2, 0.25) is 0 Å². The zero-order valence-corrected chi connectivity index (χ0v) is 13.1. The van der Waals surface area contributed by atoms with Gasteiger partial charge in [0.2, 0.25) is 0 Å². The largest absolute Gasteiger partial charge is 0.377 e. The minimum atomic E-state index is -0.302. The van der Waals surface area contributed by atoms with Crippen LogP contribution >= 0.6 is 22.6 Å². The van der Waals surface area contributed by atoms with Crippen molar-refractivity contribution in [2.24, 2.45) is 0 Å². The van der Waals surface area contributed by atoms with Gasteiger partial charge in [-0.15, -0.1) is 0 Å². The summed E-state index contributed by atoms with van der Waals surface area (Å²) in [6, 6.07) is 9.54. The molecule has 0 aliphatic carbocycles. The van der Waals surface area contributed by atoms with Crippen molar-refractivity contribution in [3.63, 3.8) is 0 Å². The van der Waals surface area contributed by atoms with Gasteiger partial charge in [-0.05, 0) is 65.8 Å². The minimum absolute atomic E-state index is 0.0964. The molecular formula is C15H16FIN2. The lowest BCUT2D eigenvalue weighted by atomic mass is 10.1. The van der Waals surface area contributed by atoms with Crippen molar-refractivity contribution in [3.8, 4) is 0 Å². The quantitative estimate of drug-likeness (QED) is 0.790. The molecule has 0 radical (unpaired) electrons. The molecule has 19 heavy (non-hydrogen) atoms. The van der Waals surface area contributed by atoms with Crippen molar-refractivity contribution in [1.29, 1.82) is 0 Å². The fraction of sp³-hybridized carbons (Fsp3) is 0.267. The van der Waals surface area contributed by atoms with E-state index >= 15 is 0 Å². The number of hydrogen-bond acceptors (Lipinski definition) is 2.